The molecule has 0 aliphatic heterocycles. The Labute approximate surface area is 138 Å². The molecule has 6 nitrogen and oxygen atoms in total. The summed E-state index contributed by atoms with van der Waals surface area (Å²) in [7, 11) is 0. The summed E-state index contributed by atoms with van der Waals surface area (Å²) in [6.07, 6.45) is 0.686. The van der Waals surface area contributed by atoms with Gasteiger partial charge in [0, 0.05) is 23.2 Å². The monoisotopic (exact) mass is 334 g/mol. The number of carbonyl (C=O) groups is 1. The van der Waals surface area contributed by atoms with Gasteiger partial charge in [-0.2, -0.15) is 0 Å². The maximum absolute atomic E-state index is 11.8. The fourth-order valence-corrected chi connectivity index (χ4v) is 2.12. The van der Waals surface area contributed by atoms with Gasteiger partial charge in [0.05, 0.1) is 11.5 Å². The molecule has 0 bridgehead atoms. The largest absolute Gasteiger partial charge is 0.487 e. The number of carbonyl (C=O) groups excluding carboxylic acids is 1. The number of halogens is 1. The lowest BCUT2D eigenvalue weighted by Gasteiger charge is -2.07. The van der Waals surface area contributed by atoms with E-state index in [2.05, 4.69) is 5.32 Å². The maximum atomic E-state index is 11.8. The second-order valence-corrected chi connectivity index (χ2v) is 5.17. The van der Waals surface area contributed by atoms with Crippen molar-refractivity contribution in [2.45, 2.75) is 12.8 Å². The normalized spacial score (nSPS) is 10.1. The first-order valence-corrected chi connectivity index (χ1v) is 7.35. The topological polar surface area (TPSA) is 81.5 Å². The summed E-state index contributed by atoms with van der Waals surface area (Å²) in [6.45, 7) is 0.216. The van der Waals surface area contributed by atoms with Crippen LogP contribution in [0.3, 0.4) is 0 Å². The van der Waals surface area contributed by atoms with E-state index in [1.165, 1.54) is 12.1 Å². The van der Waals surface area contributed by atoms with Gasteiger partial charge in [-0.3, -0.25) is 14.9 Å². The second kappa shape index (κ2) is 8.14. The van der Waals surface area contributed by atoms with Gasteiger partial charge in [-0.1, -0.05) is 29.8 Å². The average Bonchev–Trinajstić information content (AvgIpc) is 2.52. The standard InChI is InChI=1S/C16H15ClN2O4/c17-12-5-3-6-13(11-12)18-16(20)9-4-10-23-15-8-2-1-7-14(15)19(21)22/h1-3,5-8,11H,4,9-10H2,(H,18,20). The van der Waals surface area contributed by atoms with Crippen LogP contribution in [0.5, 0.6) is 5.75 Å². The van der Waals surface area contributed by atoms with Gasteiger partial charge in [-0.15, -0.1) is 0 Å². The van der Waals surface area contributed by atoms with Gasteiger partial charge in [0.15, 0.2) is 5.75 Å². The molecular formula is C16H15ClN2O4. The van der Waals surface area contributed by atoms with Gasteiger partial charge in [-0.05, 0) is 30.7 Å². The molecule has 120 valence electrons. The van der Waals surface area contributed by atoms with E-state index in [9.17, 15) is 14.9 Å². The van der Waals surface area contributed by atoms with Gasteiger partial charge in [-0.25, -0.2) is 0 Å². The van der Waals surface area contributed by atoms with Crippen molar-refractivity contribution in [1.29, 1.82) is 0 Å². The zero-order chi connectivity index (χ0) is 16.7. The minimum atomic E-state index is -0.499. The third-order valence-corrected chi connectivity index (χ3v) is 3.21. The Balaban J connectivity index is 1.77. The zero-order valence-electron chi connectivity index (χ0n) is 12.2. The summed E-state index contributed by atoms with van der Waals surface area (Å²) >= 11 is 5.84. The number of nitrogens with one attached hydrogen (secondary N) is 1. The molecule has 0 aromatic heterocycles. The molecule has 1 N–H and O–H groups in total. The number of para-hydroxylation sites is 2. The molecule has 0 saturated carbocycles. The molecule has 0 aliphatic rings. The Bertz CT molecular complexity index is 706. The van der Waals surface area contributed by atoms with Gasteiger partial charge >= 0.3 is 5.69 Å². The highest BCUT2D eigenvalue weighted by atomic mass is 35.5. The molecule has 1 amide bonds. The van der Waals surface area contributed by atoms with Crippen molar-refractivity contribution < 1.29 is 14.5 Å². The number of nitro benzene ring substituents is 1. The summed E-state index contributed by atoms with van der Waals surface area (Å²) in [5, 5.41) is 14.1. The molecule has 0 aliphatic carbocycles. The quantitative estimate of drug-likeness (QED) is 0.470. The minimum Gasteiger partial charge on any atom is -0.487 e. The fraction of sp³-hybridized carbons (Fsp3) is 0.188. The van der Waals surface area contributed by atoms with Crippen molar-refractivity contribution in [1.82, 2.24) is 0 Å². The Morgan fingerprint density at radius 2 is 2.00 bits per heavy atom. The lowest BCUT2D eigenvalue weighted by atomic mass is 10.2. The first kappa shape index (κ1) is 16.8. The lowest BCUT2D eigenvalue weighted by molar-refractivity contribution is -0.385. The molecule has 0 spiro atoms. The SMILES string of the molecule is O=C(CCCOc1ccccc1[N+](=O)[O-])Nc1cccc(Cl)c1. The van der Waals surface area contributed by atoms with Crippen LogP contribution in [-0.4, -0.2) is 17.4 Å². The van der Waals surface area contributed by atoms with E-state index in [-0.39, 0.29) is 30.4 Å². The highest BCUT2D eigenvalue weighted by Gasteiger charge is 2.13. The van der Waals surface area contributed by atoms with Crippen LogP contribution in [0, 0.1) is 10.1 Å². The van der Waals surface area contributed by atoms with Gasteiger partial charge in [0.25, 0.3) is 0 Å². The van der Waals surface area contributed by atoms with Crippen LogP contribution in [-0.2, 0) is 4.79 Å². The first-order valence-electron chi connectivity index (χ1n) is 6.98. The van der Waals surface area contributed by atoms with Crippen molar-refractivity contribution in [2.24, 2.45) is 0 Å². The van der Waals surface area contributed by atoms with E-state index in [1.54, 1.807) is 36.4 Å². The van der Waals surface area contributed by atoms with Crippen LogP contribution in [0.4, 0.5) is 11.4 Å². The molecule has 23 heavy (non-hydrogen) atoms. The summed E-state index contributed by atoms with van der Waals surface area (Å²) in [6, 6.07) is 13.0. The van der Waals surface area contributed by atoms with Crippen molar-refractivity contribution in [3.8, 4) is 5.75 Å². The number of rotatable bonds is 7. The molecule has 0 saturated heterocycles. The number of hydrogen-bond acceptors (Lipinski definition) is 4. The first-order chi connectivity index (χ1) is 11.1. The number of anilines is 1. The fourth-order valence-electron chi connectivity index (χ4n) is 1.93. The van der Waals surface area contributed by atoms with Gasteiger partial charge in [0.1, 0.15) is 0 Å². The van der Waals surface area contributed by atoms with Crippen LogP contribution in [0.2, 0.25) is 5.02 Å². The Morgan fingerprint density at radius 3 is 2.74 bits per heavy atom. The average molecular weight is 335 g/mol. The molecule has 2 aromatic carbocycles. The van der Waals surface area contributed by atoms with Crippen LogP contribution in [0.1, 0.15) is 12.8 Å². The van der Waals surface area contributed by atoms with Crippen LogP contribution >= 0.6 is 11.6 Å². The number of nitro groups is 1. The lowest BCUT2D eigenvalue weighted by Crippen LogP contribution is -2.12. The Morgan fingerprint density at radius 1 is 1.22 bits per heavy atom. The van der Waals surface area contributed by atoms with Crippen molar-refractivity contribution in [2.75, 3.05) is 11.9 Å². The predicted molar refractivity (Wildman–Crippen MR) is 87.9 cm³/mol. The number of nitrogens with zero attached hydrogens (tertiary/aromatic N) is 1. The number of hydrogen-bond donors (Lipinski definition) is 1. The molecule has 7 heteroatoms. The summed E-state index contributed by atoms with van der Waals surface area (Å²) in [5.41, 5.74) is 0.540. The maximum Gasteiger partial charge on any atom is 0.310 e. The molecule has 2 rings (SSSR count). The summed E-state index contributed by atoms with van der Waals surface area (Å²) in [4.78, 5) is 22.1. The van der Waals surface area contributed by atoms with Gasteiger partial charge in [0.2, 0.25) is 5.91 Å². The van der Waals surface area contributed by atoms with E-state index >= 15 is 0 Å². The van der Waals surface area contributed by atoms with Crippen LogP contribution < -0.4 is 10.1 Å². The molecule has 0 fully saturated rings. The van der Waals surface area contributed by atoms with Crippen molar-refractivity contribution >= 4 is 28.9 Å². The molecule has 0 unspecified atom stereocenters. The predicted octanol–water partition coefficient (Wildman–Crippen LogP) is 4.05. The highest BCUT2D eigenvalue weighted by Crippen LogP contribution is 2.25. The van der Waals surface area contributed by atoms with Crippen LogP contribution in [0.15, 0.2) is 48.5 Å². The van der Waals surface area contributed by atoms with E-state index in [4.69, 9.17) is 16.3 Å². The number of amides is 1. The minimum absolute atomic E-state index is 0.0871. The Hall–Kier alpha value is -2.60. The molecule has 2 aromatic rings. The summed E-state index contributed by atoms with van der Waals surface area (Å²) in [5.74, 6) is 0.0335. The third kappa shape index (κ3) is 5.27. The van der Waals surface area contributed by atoms with E-state index in [0.717, 1.165) is 0 Å². The van der Waals surface area contributed by atoms with E-state index in [1.807, 2.05) is 0 Å². The molecule has 0 radical (unpaired) electrons. The second-order valence-electron chi connectivity index (χ2n) is 4.74. The molecule has 0 heterocycles. The zero-order valence-corrected chi connectivity index (χ0v) is 13.0. The number of ether oxygens (including phenoxy) is 1. The van der Waals surface area contributed by atoms with Crippen molar-refractivity contribution in [3.05, 3.63) is 63.7 Å². The van der Waals surface area contributed by atoms with Crippen LogP contribution in [0.25, 0.3) is 0 Å². The van der Waals surface area contributed by atoms with Gasteiger partial charge < -0.3 is 10.1 Å². The molecule has 0 atom stereocenters. The molecular weight excluding hydrogens is 320 g/mol. The third-order valence-electron chi connectivity index (χ3n) is 2.98. The van der Waals surface area contributed by atoms with Crippen molar-refractivity contribution in [3.63, 3.8) is 0 Å². The summed E-state index contributed by atoms with van der Waals surface area (Å²) < 4.78 is 5.38. The number of benzene rings is 2. The highest BCUT2D eigenvalue weighted by molar-refractivity contribution is 6.30. The van der Waals surface area contributed by atoms with E-state index in [0.29, 0.717) is 17.1 Å². The Kier molecular flexibility index (Phi) is 5.94. The smallest absolute Gasteiger partial charge is 0.310 e. The van der Waals surface area contributed by atoms with E-state index < -0.39 is 4.92 Å².